The summed E-state index contributed by atoms with van der Waals surface area (Å²) in [5, 5.41) is 10.9. The first-order valence-electron chi connectivity index (χ1n) is 9.53. The predicted octanol–water partition coefficient (Wildman–Crippen LogP) is 2.44. The van der Waals surface area contributed by atoms with Crippen molar-refractivity contribution in [1.29, 1.82) is 0 Å². The number of nitro benzene ring substituents is 1. The molecule has 2 aliphatic rings. The number of carbonyl (C=O) groups is 2. The number of hydrogen-bond donors (Lipinski definition) is 0. The van der Waals surface area contributed by atoms with E-state index in [1.807, 2.05) is 4.90 Å². The van der Waals surface area contributed by atoms with Crippen LogP contribution in [0.1, 0.15) is 31.7 Å². The highest BCUT2D eigenvalue weighted by atomic mass is 16.6. The topological polar surface area (TPSA) is 93.0 Å². The molecular formula is C20H25N3O5. The van der Waals surface area contributed by atoms with E-state index >= 15 is 0 Å². The van der Waals surface area contributed by atoms with Crippen LogP contribution < -0.4 is 0 Å². The number of hydrogen-bond acceptors (Lipinski definition) is 6. The molecule has 1 saturated heterocycles. The fraction of sp³-hybridized carbons (Fsp3) is 0.500. The highest BCUT2D eigenvalue weighted by Gasteiger charge is 2.42. The number of benzene rings is 1. The number of amides is 2. The van der Waals surface area contributed by atoms with E-state index in [1.165, 1.54) is 17.0 Å². The number of non-ortho nitro benzene ring substituents is 1. The number of likely N-dealkylation sites (tertiary alicyclic amines) is 1. The van der Waals surface area contributed by atoms with Gasteiger partial charge in [0.15, 0.2) is 0 Å². The molecule has 0 aliphatic carbocycles. The van der Waals surface area contributed by atoms with Crippen molar-refractivity contribution in [3.8, 4) is 0 Å². The van der Waals surface area contributed by atoms with E-state index in [2.05, 4.69) is 6.92 Å². The van der Waals surface area contributed by atoms with Crippen LogP contribution in [0.25, 0.3) is 5.57 Å². The van der Waals surface area contributed by atoms with Crippen LogP contribution in [0.5, 0.6) is 0 Å². The highest BCUT2D eigenvalue weighted by Crippen LogP contribution is 2.34. The zero-order chi connectivity index (χ0) is 20.3. The molecule has 0 radical (unpaired) electrons. The van der Waals surface area contributed by atoms with Crippen molar-refractivity contribution in [2.24, 2.45) is 5.92 Å². The summed E-state index contributed by atoms with van der Waals surface area (Å²) in [5.41, 5.74) is 1.24. The molecule has 8 nitrogen and oxygen atoms in total. The molecule has 0 aromatic heterocycles. The fourth-order valence-electron chi connectivity index (χ4n) is 3.83. The predicted molar refractivity (Wildman–Crippen MR) is 103 cm³/mol. The summed E-state index contributed by atoms with van der Waals surface area (Å²) in [4.78, 5) is 40.0. The van der Waals surface area contributed by atoms with Crippen molar-refractivity contribution in [2.75, 3.05) is 33.4 Å². The summed E-state index contributed by atoms with van der Waals surface area (Å²) in [6.45, 7) is 4.32. The average Bonchev–Trinajstić information content (AvgIpc) is 2.93. The summed E-state index contributed by atoms with van der Waals surface area (Å²) >= 11 is 0. The number of nitro groups is 1. The third-order valence-corrected chi connectivity index (χ3v) is 5.21. The first-order chi connectivity index (χ1) is 13.4. The molecule has 2 amide bonds. The Morgan fingerprint density at radius 1 is 1.21 bits per heavy atom. The maximum atomic E-state index is 13.1. The molecule has 1 aromatic carbocycles. The molecular weight excluding hydrogens is 362 g/mol. The third-order valence-electron chi connectivity index (χ3n) is 5.21. The molecule has 28 heavy (non-hydrogen) atoms. The summed E-state index contributed by atoms with van der Waals surface area (Å²) in [7, 11) is 1.58. The van der Waals surface area contributed by atoms with Gasteiger partial charge in [-0.05, 0) is 42.9 Å². The van der Waals surface area contributed by atoms with Gasteiger partial charge in [-0.15, -0.1) is 0 Å². The second-order valence-electron chi connectivity index (χ2n) is 7.33. The summed E-state index contributed by atoms with van der Waals surface area (Å²) < 4.78 is 5.04. The Hall–Kier alpha value is -2.74. The van der Waals surface area contributed by atoms with E-state index in [0.717, 1.165) is 25.9 Å². The summed E-state index contributed by atoms with van der Waals surface area (Å²) in [6, 6.07) is 5.82. The van der Waals surface area contributed by atoms with Crippen LogP contribution in [0.2, 0.25) is 0 Å². The minimum absolute atomic E-state index is 0.0498. The molecule has 0 N–H and O–H groups in total. The Balaban J connectivity index is 1.99. The molecule has 2 heterocycles. The molecule has 150 valence electrons. The van der Waals surface area contributed by atoms with Crippen LogP contribution in [0.4, 0.5) is 5.69 Å². The monoisotopic (exact) mass is 387 g/mol. The Morgan fingerprint density at radius 2 is 1.93 bits per heavy atom. The lowest BCUT2D eigenvalue weighted by molar-refractivity contribution is -0.384. The van der Waals surface area contributed by atoms with Crippen molar-refractivity contribution < 1.29 is 19.2 Å². The largest absolute Gasteiger partial charge is 0.385 e. The number of methoxy groups -OCH3 is 1. The van der Waals surface area contributed by atoms with E-state index in [9.17, 15) is 19.7 Å². The normalized spacial score (nSPS) is 20.3. The van der Waals surface area contributed by atoms with Crippen molar-refractivity contribution in [2.45, 2.75) is 26.2 Å². The smallest absolute Gasteiger partial charge is 0.277 e. The molecule has 0 bridgehead atoms. The second kappa shape index (κ2) is 8.52. The van der Waals surface area contributed by atoms with Gasteiger partial charge in [0.2, 0.25) is 0 Å². The van der Waals surface area contributed by atoms with Crippen LogP contribution in [0.15, 0.2) is 30.0 Å². The molecule has 0 saturated carbocycles. The molecule has 2 aliphatic heterocycles. The van der Waals surface area contributed by atoms with Gasteiger partial charge < -0.3 is 9.64 Å². The SMILES string of the molecule is COCCCN1C(=O)C(c2ccc([N+](=O)[O-])cc2)=C(N2CCCC(C)C2)C1=O. The molecule has 0 spiro atoms. The second-order valence-corrected chi connectivity index (χ2v) is 7.33. The Bertz CT molecular complexity index is 803. The maximum Gasteiger partial charge on any atom is 0.277 e. The zero-order valence-electron chi connectivity index (χ0n) is 16.2. The van der Waals surface area contributed by atoms with E-state index in [0.29, 0.717) is 35.8 Å². The van der Waals surface area contributed by atoms with Gasteiger partial charge in [-0.3, -0.25) is 24.6 Å². The number of imide groups is 1. The number of rotatable bonds is 7. The molecule has 3 rings (SSSR count). The van der Waals surface area contributed by atoms with Gasteiger partial charge in [0.05, 0.1) is 10.5 Å². The van der Waals surface area contributed by atoms with Gasteiger partial charge in [-0.2, -0.15) is 0 Å². The molecule has 8 heteroatoms. The van der Waals surface area contributed by atoms with Crippen LogP contribution in [0, 0.1) is 16.0 Å². The quantitative estimate of drug-likeness (QED) is 0.309. The summed E-state index contributed by atoms with van der Waals surface area (Å²) in [6.07, 6.45) is 2.62. The lowest BCUT2D eigenvalue weighted by Gasteiger charge is -2.33. The van der Waals surface area contributed by atoms with Crippen molar-refractivity contribution in [3.63, 3.8) is 0 Å². The highest BCUT2D eigenvalue weighted by molar-refractivity contribution is 6.35. The van der Waals surface area contributed by atoms with Crippen LogP contribution in [0.3, 0.4) is 0 Å². The molecule has 1 atom stereocenters. The minimum atomic E-state index is -0.482. The standard InChI is InChI=1S/C20H25N3O5/c1-14-5-3-10-21(13-14)18-17(15-6-8-16(9-7-15)23(26)27)19(24)22(20(18)25)11-4-12-28-2/h6-9,14H,3-5,10-13H2,1-2H3. The van der Waals surface area contributed by atoms with E-state index in [4.69, 9.17) is 4.74 Å². The van der Waals surface area contributed by atoms with Crippen LogP contribution >= 0.6 is 0 Å². The van der Waals surface area contributed by atoms with Crippen LogP contribution in [-0.2, 0) is 14.3 Å². The number of ether oxygens (including phenoxy) is 1. The zero-order valence-corrected chi connectivity index (χ0v) is 16.2. The molecule has 1 aromatic rings. The lowest BCUT2D eigenvalue weighted by atomic mass is 9.97. The van der Waals surface area contributed by atoms with E-state index in [-0.39, 0.29) is 24.0 Å². The van der Waals surface area contributed by atoms with Crippen molar-refractivity contribution in [1.82, 2.24) is 9.80 Å². The fourth-order valence-corrected chi connectivity index (χ4v) is 3.83. The minimum Gasteiger partial charge on any atom is -0.385 e. The van der Waals surface area contributed by atoms with Crippen LogP contribution in [-0.4, -0.2) is 59.9 Å². The average molecular weight is 387 g/mol. The third kappa shape index (κ3) is 3.91. The van der Waals surface area contributed by atoms with Crippen molar-refractivity contribution in [3.05, 3.63) is 45.6 Å². The van der Waals surface area contributed by atoms with Gasteiger partial charge in [0, 0.05) is 45.5 Å². The molecule has 1 unspecified atom stereocenters. The van der Waals surface area contributed by atoms with E-state index in [1.54, 1.807) is 19.2 Å². The molecule has 1 fully saturated rings. The van der Waals surface area contributed by atoms with Gasteiger partial charge >= 0.3 is 0 Å². The van der Waals surface area contributed by atoms with Gasteiger partial charge in [-0.25, -0.2) is 0 Å². The van der Waals surface area contributed by atoms with Gasteiger partial charge in [0.1, 0.15) is 5.70 Å². The number of piperidine rings is 1. The Kier molecular flexibility index (Phi) is 6.08. The van der Waals surface area contributed by atoms with Crippen molar-refractivity contribution >= 4 is 23.1 Å². The summed E-state index contributed by atoms with van der Waals surface area (Å²) in [5.74, 6) is -0.198. The Morgan fingerprint density at radius 3 is 2.54 bits per heavy atom. The maximum absolute atomic E-state index is 13.1. The van der Waals surface area contributed by atoms with Gasteiger partial charge in [-0.1, -0.05) is 6.92 Å². The number of carbonyl (C=O) groups excluding carboxylic acids is 2. The van der Waals surface area contributed by atoms with E-state index < -0.39 is 4.92 Å². The first-order valence-corrected chi connectivity index (χ1v) is 9.53. The van der Waals surface area contributed by atoms with Gasteiger partial charge in [0.25, 0.3) is 17.5 Å². The first kappa shape index (κ1) is 20.0. The lowest BCUT2D eigenvalue weighted by Crippen LogP contribution is -2.39. The number of nitrogens with zero attached hydrogens (tertiary/aromatic N) is 3. The Labute approximate surface area is 163 Å².